The number of aromatic nitrogens is 1. The third-order valence-corrected chi connectivity index (χ3v) is 4.07. The zero-order valence-electron chi connectivity index (χ0n) is 13.1. The molecule has 3 nitrogen and oxygen atoms in total. The Morgan fingerprint density at radius 1 is 1.25 bits per heavy atom. The molecule has 1 radical (unpaired) electrons. The Hall–Kier alpha value is -2.24. The molecule has 1 aromatic heterocycles. The molecule has 127 valence electrons. The highest BCUT2D eigenvalue weighted by Crippen LogP contribution is 2.38. The topological polar surface area (TPSA) is 25.4 Å². The van der Waals surface area contributed by atoms with Crippen molar-refractivity contribution in [2.24, 2.45) is 0 Å². The van der Waals surface area contributed by atoms with Crippen LogP contribution in [0.3, 0.4) is 0 Å². The lowest BCUT2D eigenvalue weighted by Crippen LogP contribution is -2.27. The van der Waals surface area contributed by atoms with Crippen molar-refractivity contribution < 1.29 is 17.9 Å². The van der Waals surface area contributed by atoms with Crippen LogP contribution in [0.2, 0.25) is 0 Å². The molecule has 0 spiro atoms. The zero-order chi connectivity index (χ0) is 17.2. The number of nitrogens with zero attached hydrogens (tertiary/aromatic N) is 2. The summed E-state index contributed by atoms with van der Waals surface area (Å²) in [5, 5.41) is 0. The van der Waals surface area contributed by atoms with Gasteiger partial charge in [-0.2, -0.15) is 13.2 Å². The maximum atomic E-state index is 13.4. The van der Waals surface area contributed by atoms with Gasteiger partial charge in [0.15, 0.2) is 0 Å². The van der Waals surface area contributed by atoms with E-state index in [1.165, 1.54) is 6.20 Å². The highest BCUT2D eigenvalue weighted by atomic mass is 19.4. The van der Waals surface area contributed by atoms with Crippen LogP contribution in [0.4, 0.5) is 18.9 Å². The van der Waals surface area contributed by atoms with Crippen molar-refractivity contribution >= 4 is 5.69 Å². The second-order valence-electron chi connectivity index (χ2n) is 5.81. The van der Waals surface area contributed by atoms with E-state index in [9.17, 15) is 13.2 Å². The van der Waals surface area contributed by atoms with Gasteiger partial charge in [-0.1, -0.05) is 30.3 Å². The maximum absolute atomic E-state index is 13.4. The summed E-state index contributed by atoms with van der Waals surface area (Å²) in [6, 6.07) is 10.1. The van der Waals surface area contributed by atoms with Crippen LogP contribution in [0.25, 0.3) is 0 Å². The Bertz CT molecular complexity index is 688. The minimum atomic E-state index is -4.52. The van der Waals surface area contributed by atoms with Crippen molar-refractivity contribution in [3.63, 3.8) is 0 Å². The number of halogens is 3. The third kappa shape index (κ3) is 3.63. The molecule has 1 aliphatic heterocycles. The van der Waals surface area contributed by atoms with Gasteiger partial charge in [0.25, 0.3) is 0 Å². The van der Waals surface area contributed by atoms with Crippen LogP contribution in [-0.2, 0) is 12.8 Å². The molecule has 1 atom stereocenters. The Morgan fingerprint density at radius 3 is 2.62 bits per heavy atom. The summed E-state index contributed by atoms with van der Waals surface area (Å²) in [5.74, 6) is -0.394. The monoisotopic (exact) mass is 335 g/mol. The molecule has 2 aromatic rings. The molecule has 1 saturated heterocycles. The fourth-order valence-corrected chi connectivity index (χ4v) is 2.82. The molecule has 0 aliphatic carbocycles. The largest absolute Gasteiger partial charge is 0.472 e. The lowest BCUT2D eigenvalue weighted by Gasteiger charge is -2.24. The first-order chi connectivity index (χ1) is 11.4. The standard InChI is InChI=1S/C18H18F3N2O/c1-13-6-5-9-23(13)15-10-16(18(19,20)21)17(22-11-15)24-12-14-7-3-2-4-8-14/h2-4,7-8,10-11,13H,1,5-6,9,12H2/t13-/m0/s1. The summed E-state index contributed by atoms with van der Waals surface area (Å²) in [5.41, 5.74) is 0.371. The van der Waals surface area contributed by atoms with E-state index in [-0.39, 0.29) is 12.6 Å². The van der Waals surface area contributed by atoms with Crippen LogP contribution in [-0.4, -0.2) is 17.6 Å². The fourth-order valence-electron chi connectivity index (χ4n) is 2.82. The molecule has 3 rings (SSSR count). The molecule has 0 N–H and O–H groups in total. The van der Waals surface area contributed by atoms with E-state index >= 15 is 0 Å². The van der Waals surface area contributed by atoms with Gasteiger partial charge in [-0.15, -0.1) is 0 Å². The Balaban J connectivity index is 1.85. The maximum Gasteiger partial charge on any atom is 0.421 e. The first kappa shape index (κ1) is 16.6. The van der Waals surface area contributed by atoms with Crippen LogP contribution < -0.4 is 9.64 Å². The average Bonchev–Trinajstić information content (AvgIpc) is 2.99. The lowest BCUT2D eigenvalue weighted by atomic mass is 10.2. The first-order valence-corrected chi connectivity index (χ1v) is 7.79. The predicted octanol–water partition coefficient (Wildman–Crippen LogP) is 4.48. The van der Waals surface area contributed by atoms with E-state index in [0.29, 0.717) is 12.2 Å². The predicted molar refractivity (Wildman–Crippen MR) is 85.7 cm³/mol. The van der Waals surface area contributed by atoms with E-state index in [2.05, 4.69) is 11.9 Å². The molecule has 2 heterocycles. The van der Waals surface area contributed by atoms with Crippen molar-refractivity contribution in [3.05, 3.63) is 60.6 Å². The van der Waals surface area contributed by atoms with Gasteiger partial charge in [0.1, 0.15) is 12.2 Å². The number of benzene rings is 1. The fraction of sp³-hybridized carbons (Fsp3) is 0.333. The van der Waals surface area contributed by atoms with Gasteiger partial charge in [-0.05, 0) is 31.4 Å². The number of hydrogen-bond acceptors (Lipinski definition) is 3. The van der Waals surface area contributed by atoms with Crippen LogP contribution in [0.15, 0.2) is 42.6 Å². The van der Waals surface area contributed by atoms with Gasteiger partial charge in [-0.3, -0.25) is 0 Å². The van der Waals surface area contributed by atoms with Crippen molar-refractivity contribution in [2.45, 2.75) is 31.7 Å². The molecule has 0 amide bonds. The minimum Gasteiger partial charge on any atom is -0.472 e. The number of alkyl halides is 3. The molecule has 6 heteroatoms. The number of anilines is 1. The average molecular weight is 335 g/mol. The van der Waals surface area contributed by atoms with Gasteiger partial charge >= 0.3 is 6.18 Å². The van der Waals surface area contributed by atoms with Crippen molar-refractivity contribution in [1.82, 2.24) is 4.98 Å². The minimum absolute atomic E-state index is 0.0241. The molecule has 1 aliphatic rings. The second kappa shape index (κ2) is 6.71. The van der Waals surface area contributed by atoms with Crippen molar-refractivity contribution in [3.8, 4) is 5.88 Å². The molecular weight excluding hydrogens is 317 g/mol. The van der Waals surface area contributed by atoms with Crippen molar-refractivity contribution in [1.29, 1.82) is 0 Å². The van der Waals surface area contributed by atoms with Gasteiger partial charge in [-0.25, -0.2) is 4.98 Å². The lowest BCUT2D eigenvalue weighted by molar-refractivity contribution is -0.139. The van der Waals surface area contributed by atoms with Gasteiger partial charge in [0.2, 0.25) is 5.88 Å². The van der Waals surface area contributed by atoms with E-state index in [1.807, 2.05) is 23.1 Å². The van der Waals surface area contributed by atoms with E-state index in [1.54, 1.807) is 12.1 Å². The normalized spacial score (nSPS) is 18.0. The molecule has 1 aromatic carbocycles. The van der Waals surface area contributed by atoms with E-state index in [4.69, 9.17) is 4.74 Å². The molecule has 0 unspecified atom stereocenters. The highest BCUT2D eigenvalue weighted by molar-refractivity contribution is 5.52. The number of pyridine rings is 1. The summed E-state index contributed by atoms with van der Waals surface area (Å²) in [4.78, 5) is 5.78. The number of rotatable bonds is 4. The Morgan fingerprint density at radius 2 is 2.00 bits per heavy atom. The smallest absolute Gasteiger partial charge is 0.421 e. The third-order valence-electron chi connectivity index (χ3n) is 4.07. The number of ether oxygens (including phenoxy) is 1. The summed E-state index contributed by atoms with van der Waals surface area (Å²) in [7, 11) is 0. The zero-order valence-corrected chi connectivity index (χ0v) is 13.1. The van der Waals surface area contributed by atoms with Crippen molar-refractivity contribution in [2.75, 3.05) is 11.4 Å². The molecule has 1 fully saturated rings. The molecule has 0 saturated carbocycles. The van der Waals surface area contributed by atoms with Crippen LogP contribution in [0.1, 0.15) is 24.0 Å². The summed E-state index contributed by atoms with van der Waals surface area (Å²) in [6.45, 7) is 4.70. The van der Waals surface area contributed by atoms with E-state index < -0.39 is 17.6 Å². The second-order valence-corrected chi connectivity index (χ2v) is 5.81. The van der Waals surface area contributed by atoms with E-state index in [0.717, 1.165) is 24.5 Å². The number of hydrogen-bond donors (Lipinski definition) is 0. The summed E-state index contributed by atoms with van der Waals surface area (Å²) < 4.78 is 45.5. The molecule has 0 bridgehead atoms. The Labute approximate surface area is 139 Å². The highest BCUT2D eigenvalue weighted by Gasteiger charge is 2.36. The van der Waals surface area contributed by atoms with Crippen LogP contribution in [0.5, 0.6) is 5.88 Å². The van der Waals surface area contributed by atoms with Gasteiger partial charge in [0.05, 0.1) is 11.9 Å². The summed E-state index contributed by atoms with van der Waals surface area (Å²) >= 11 is 0. The molecular formula is C18H18F3N2O. The van der Waals surface area contributed by atoms with Gasteiger partial charge < -0.3 is 9.64 Å². The quantitative estimate of drug-likeness (QED) is 0.824. The van der Waals surface area contributed by atoms with Gasteiger partial charge in [0, 0.05) is 12.6 Å². The first-order valence-electron chi connectivity index (χ1n) is 7.79. The van der Waals surface area contributed by atoms with Crippen LogP contribution >= 0.6 is 0 Å². The van der Waals surface area contributed by atoms with Crippen LogP contribution in [0, 0.1) is 6.92 Å². The summed E-state index contributed by atoms with van der Waals surface area (Å²) in [6.07, 6.45) is -1.31. The SMILES string of the molecule is [CH2][C@H]1CCCN1c1cnc(OCc2ccccc2)c(C(F)(F)F)c1. The Kier molecular flexibility index (Phi) is 4.64. The molecule has 24 heavy (non-hydrogen) atoms.